The highest BCUT2D eigenvalue weighted by Gasteiger charge is 2.12. The van der Waals surface area contributed by atoms with Crippen LogP contribution in [-0.4, -0.2) is 25.1 Å². The van der Waals surface area contributed by atoms with E-state index in [0.717, 1.165) is 33.9 Å². The quantitative estimate of drug-likeness (QED) is 0.704. The van der Waals surface area contributed by atoms with Gasteiger partial charge in [-0.3, -0.25) is 4.79 Å². The lowest BCUT2D eigenvalue weighted by atomic mass is 10.1. The molecule has 0 aliphatic carbocycles. The molecule has 0 atom stereocenters. The van der Waals surface area contributed by atoms with E-state index in [4.69, 9.17) is 9.47 Å². The Labute approximate surface area is 156 Å². The molecule has 1 heterocycles. The maximum atomic E-state index is 12.3. The van der Waals surface area contributed by atoms with Crippen LogP contribution in [0.25, 0.3) is 11.3 Å². The van der Waals surface area contributed by atoms with Crippen molar-refractivity contribution in [1.82, 2.24) is 4.98 Å². The van der Waals surface area contributed by atoms with E-state index in [-0.39, 0.29) is 12.3 Å². The highest BCUT2D eigenvalue weighted by Crippen LogP contribution is 2.33. The average molecular weight is 368 g/mol. The van der Waals surface area contributed by atoms with E-state index in [2.05, 4.69) is 10.3 Å². The predicted molar refractivity (Wildman–Crippen MR) is 104 cm³/mol. The summed E-state index contributed by atoms with van der Waals surface area (Å²) in [5, 5.41) is 5.34. The summed E-state index contributed by atoms with van der Waals surface area (Å²) >= 11 is 1.39. The molecule has 134 valence electrons. The summed E-state index contributed by atoms with van der Waals surface area (Å²) in [4.78, 5) is 16.8. The number of rotatable bonds is 6. The van der Waals surface area contributed by atoms with Crippen LogP contribution in [0.5, 0.6) is 11.5 Å². The van der Waals surface area contributed by atoms with Crippen molar-refractivity contribution in [2.24, 2.45) is 0 Å². The zero-order valence-electron chi connectivity index (χ0n) is 14.9. The molecule has 3 rings (SSSR count). The van der Waals surface area contributed by atoms with Crippen LogP contribution in [-0.2, 0) is 11.2 Å². The maximum Gasteiger partial charge on any atom is 0.230 e. The Balaban J connectivity index is 1.72. The molecular formula is C20H20N2O3S. The first-order chi connectivity index (χ1) is 12.6. The molecule has 5 nitrogen and oxygen atoms in total. The first-order valence-corrected chi connectivity index (χ1v) is 9.00. The molecule has 26 heavy (non-hydrogen) atoms. The fraction of sp³-hybridized carbons (Fsp3) is 0.200. The molecule has 0 radical (unpaired) electrons. The zero-order chi connectivity index (χ0) is 18.5. The van der Waals surface area contributed by atoms with Gasteiger partial charge in [0.1, 0.15) is 11.5 Å². The lowest BCUT2D eigenvalue weighted by molar-refractivity contribution is -0.115. The Morgan fingerprint density at radius 1 is 1.15 bits per heavy atom. The topological polar surface area (TPSA) is 60.5 Å². The monoisotopic (exact) mass is 368 g/mol. The molecular weight excluding hydrogens is 348 g/mol. The van der Waals surface area contributed by atoms with Gasteiger partial charge in [-0.1, -0.05) is 23.8 Å². The van der Waals surface area contributed by atoms with E-state index < -0.39 is 0 Å². The molecule has 0 bridgehead atoms. The van der Waals surface area contributed by atoms with Gasteiger partial charge in [-0.15, -0.1) is 11.3 Å². The number of aromatic nitrogens is 1. The van der Waals surface area contributed by atoms with Gasteiger partial charge in [0, 0.05) is 10.9 Å². The summed E-state index contributed by atoms with van der Waals surface area (Å²) in [7, 11) is 3.24. The summed E-state index contributed by atoms with van der Waals surface area (Å²) in [5.74, 6) is 1.38. The SMILES string of the molecule is COc1cccc(CC(=O)Nc2nc(-c3cc(C)ccc3OC)cs2)c1. The van der Waals surface area contributed by atoms with Crippen LogP contribution in [0.3, 0.4) is 0 Å². The molecule has 2 aromatic carbocycles. The molecule has 0 unspecified atom stereocenters. The lowest BCUT2D eigenvalue weighted by Crippen LogP contribution is -2.14. The number of hydrogen-bond donors (Lipinski definition) is 1. The molecule has 3 aromatic rings. The molecule has 0 aliphatic heterocycles. The minimum absolute atomic E-state index is 0.115. The number of carbonyl (C=O) groups excluding carboxylic acids is 1. The van der Waals surface area contributed by atoms with Crippen molar-refractivity contribution in [3.8, 4) is 22.8 Å². The van der Waals surface area contributed by atoms with Gasteiger partial charge in [-0.05, 0) is 36.8 Å². The Kier molecular flexibility index (Phi) is 5.53. The van der Waals surface area contributed by atoms with Gasteiger partial charge in [0.25, 0.3) is 0 Å². The second kappa shape index (κ2) is 8.01. The summed E-state index contributed by atoms with van der Waals surface area (Å²) in [5.41, 5.74) is 3.71. The van der Waals surface area contributed by atoms with Gasteiger partial charge < -0.3 is 14.8 Å². The third-order valence-corrected chi connectivity index (χ3v) is 4.64. The fourth-order valence-electron chi connectivity index (χ4n) is 2.61. The number of ether oxygens (including phenoxy) is 2. The lowest BCUT2D eigenvalue weighted by Gasteiger charge is -2.07. The Hall–Kier alpha value is -2.86. The standard InChI is InChI=1S/C20H20N2O3S/c1-13-7-8-18(25-3)16(9-13)17-12-26-20(21-17)22-19(23)11-14-5-4-6-15(10-14)24-2/h4-10,12H,11H2,1-3H3,(H,21,22,23). The smallest absolute Gasteiger partial charge is 0.230 e. The number of nitrogens with one attached hydrogen (secondary N) is 1. The molecule has 1 aromatic heterocycles. The first-order valence-electron chi connectivity index (χ1n) is 8.12. The van der Waals surface area contributed by atoms with E-state index in [1.54, 1.807) is 14.2 Å². The van der Waals surface area contributed by atoms with Crippen LogP contribution in [0.15, 0.2) is 47.8 Å². The van der Waals surface area contributed by atoms with Gasteiger partial charge in [0.05, 0.1) is 26.3 Å². The normalized spacial score (nSPS) is 10.4. The number of anilines is 1. The number of methoxy groups -OCH3 is 2. The second-order valence-electron chi connectivity index (χ2n) is 5.82. The van der Waals surface area contributed by atoms with Crippen molar-refractivity contribution in [2.75, 3.05) is 19.5 Å². The number of amides is 1. The number of nitrogens with zero attached hydrogens (tertiary/aromatic N) is 1. The van der Waals surface area contributed by atoms with Gasteiger partial charge in [-0.25, -0.2) is 4.98 Å². The van der Waals surface area contributed by atoms with Crippen molar-refractivity contribution in [3.05, 3.63) is 59.0 Å². The average Bonchev–Trinajstić information content (AvgIpc) is 3.10. The van der Waals surface area contributed by atoms with Crippen molar-refractivity contribution in [3.63, 3.8) is 0 Å². The summed E-state index contributed by atoms with van der Waals surface area (Å²) < 4.78 is 10.6. The second-order valence-corrected chi connectivity index (χ2v) is 6.68. The van der Waals surface area contributed by atoms with Crippen molar-refractivity contribution >= 4 is 22.4 Å². The fourth-order valence-corrected chi connectivity index (χ4v) is 3.33. The largest absolute Gasteiger partial charge is 0.497 e. The van der Waals surface area contributed by atoms with Crippen molar-refractivity contribution in [2.45, 2.75) is 13.3 Å². The van der Waals surface area contributed by atoms with Crippen LogP contribution in [0, 0.1) is 6.92 Å². The molecule has 0 spiro atoms. The minimum Gasteiger partial charge on any atom is -0.497 e. The summed E-state index contributed by atoms with van der Waals surface area (Å²) in [6.45, 7) is 2.02. The molecule has 0 fully saturated rings. The van der Waals surface area contributed by atoms with E-state index >= 15 is 0 Å². The van der Waals surface area contributed by atoms with Gasteiger partial charge in [0.2, 0.25) is 5.91 Å². The number of benzene rings is 2. The molecule has 0 aliphatic rings. The van der Waals surface area contributed by atoms with E-state index in [1.807, 2.05) is 54.8 Å². The molecule has 1 N–H and O–H groups in total. The van der Waals surface area contributed by atoms with Gasteiger partial charge in [0.15, 0.2) is 5.13 Å². The molecule has 0 saturated heterocycles. The van der Waals surface area contributed by atoms with E-state index in [1.165, 1.54) is 11.3 Å². The van der Waals surface area contributed by atoms with Gasteiger partial charge in [-0.2, -0.15) is 0 Å². The Bertz CT molecular complexity index is 921. The minimum atomic E-state index is -0.115. The van der Waals surface area contributed by atoms with E-state index in [0.29, 0.717) is 5.13 Å². The van der Waals surface area contributed by atoms with Crippen LogP contribution in [0.1, 0.15) is 11.1 Å². The summed E-state index contributed by atoms with van der Waals surface area (Å²) in [6.07, 6.45) is 0.264. The third-order valence-electron chi connectivity index (χ3n) is 3.88. The van der Waals surface area contributed by atoms with Crippen LogP contribution < -0.4 is 14.8 Å². The number of thiazole rings is 1. The van der Waals surface area contributed by atoms with Gasteiger partial charge >= 0.3 is 0 Å². The third kappa shape index (κ3) is 4.21. The Morgan fingerprint density at radius 2 is 2.00 bits per heavy atom. The molecule has 6 heteroatoms. The van der Waals surface area contributed by atoms with Crippen molar-refractivity contribution in [1.29, 1.82) is 0 Å². The highest BCUT2D eigenvalue weighted by molar-refractivity contribution is 7.14. The molecule has 1 amide bonds. The van der Waals surface area contributed by atoms with Crippen LogP contribution in [0.2, 0.25) is 0 Å². The Morgan fingerprint density at radius 3 is 2.77 bits per heavy atom. The van der Waals surface area contributed by atoms with Crippen LogP contribution in [0.4, 0.5) is 5.13 Å². The summed E-state index contributed by atoms with van der Waals surface area (Å²) in [6, 6.07) is 13.4. The maximum absolute atomic E-state index is 12.3. The highest BCUT2D eigenvalue weighted by atomic mass is 32.1. The zero-order valence-corrected chi connectivity index (χ0v) is 15.7. The van der Waals surface area contributed by atoms with Crippen molar-refractivity contribution < 1.29 is 14.3 Å². The number of hydrogen-bond acceptors (Lipinski definition) is 5. The van der Waals surface area contributed by atoms with Crippen LogP contribution >= 0.6 is 11.3 Å². The number of aryl methyl sites for hydroxylation is 1. The number of carbonyl (C=O) groups is 1. The predicted octanol–water partition coefficient (Wildman–Crippen LogP) is 4.32. The van der Waals surface area contributed by atoms with E-state index in [9.17, 15) is 4.79 Å². The molecule has 0 saturated carbocycles. The first kappa shape index (κ1) is 17.9.